The Morgan fingerprint density at radius 3 is 1.77 bits per heavy atom. The van der Waals surface area contributed by atoms with Gasteiger partial charge in [-0.05, 0) is 90.4 Å². The van der Waals surface area contributed by atoms with Crippen LogP contribution in [0.2, 0.25) is 0 Å². The monoisotopic (exact) mass is 538 g/mol. The molecular weight excluding hydrogens is 515 g/mol. The molecule has 156 valence electrons. The summed E-state index contributed by atoms with van der Waals surface area (Å²) in [6, 6.07) is 27.2. The van der Waals surface area contributed by atoms with Crippen molar-refractivity contribution in [2.24, 2.45) is 0 Å². The lowest BCUT2D eigenvalue weighted by Gasteiger charge is -2.15. The van der Waals surface area contributed by atoms with Crippen molar-refractivity contribution in [3.8, 4) is 22.3 Å². The van der Waals surface area contributed by atoms with Crippen molar-refractivity contribution in [1.82, 2.24) is 0 Å². The summed E-state index contributed by atoms with van der Waals surface area (Å²) in [7, 11) is -3.65. The zero-order valence-corrected chi connectivity index (χ0v) is 20.7. The Bertz CT molecular complexity index is 1350. The number of halogens is 1. The van der Waals surface area contributed by atoms with Crippen molar-refractivity contribution in [2.45, 2.75) is 30.6 Å². The molecule has 31 heavy (non-hydrogen) atoms. The Kier molecular flexibility index (Phi) is 6.04. The molecule has 4 rings (SSSR count). The van der Waals surface area contributed by atoms with Crippen molar-refractivity contribution < 1.29 is 8.42 Å². The largest absolute Gasteiger partial charge is 0.218 e. The van der Waals surface area contributed by atoms with E-state index in [-0.39, 0.29) is 0 Å². The first kappa shape index (κ1) is 21.8. The molecule has 0 aliphatic heterocycles. The van der Waals surface area contributed by atoms with Crippen molar-refractivity contribution in [3.63, 3.8) is 0 Å². The second kappa shape index (κ2) is 8.60. The van der Waals surface area contributed by atoms with Crippen molar-refractivity contribution in [3.05, 3.63) is 105 Å². The third-order valence-corrected chi connectivity index (χ3v) is 8.17. The van der Waals surface area contributed by atoms with Gasteiger partial charge in [-0.15, -0.1) is 0 Å². The van der Waals surface area contributed by atoms with Crippen LogP contribution < -0.4 is 0 Å². The fourth-order valence-electron chi connectivity index (χ4n) is 3.59. The quantitative estimate of drug-likeness (QED) is 0.254. The number of hydrogen-bond acceptors (Lipinski definition) is 2. The van der Waals surface area contributed by atoms with Crippen LogP contribution >= 0.6 is 22.6 Å². The van der Waals surface area contributed by atoms with Gasteiger partial charge in [-0.2, -0.15) is 0 Å². The third kappa shape index (κ3) is 4.46. The van der Waals surface area contributed by atoms with Crippen LogP contribution in [0.5, 0.6) is 0 Å². The lowest BCUT2D eigenvalue weighted by atomic mass is 9.97. The van der Waals surface area contributed by atoms with Gasteiger partial charge in [0.05, 0.1) is 9.79 Å². The summed E-state index contributed by atoms with van der Waals surface area (Å²) >= 11 is 2.29. The Morgan fingerprint density at radius 2 is 1.13 bits per heavy atom. The van der Waals surface area contributed by atoms with Gasteiger partial charge in [-0.1, -0.05) is 71.3 Å². The summed E-state index contributed by atoms with van der Waals surface area (Å²) in [6.45, 7) is 6.01. The van der Waals surface area contributed by atoms with Crippen LogP contribution in [0.4, 0.5) is 0 Å². The lowest BCUT2D eigenvalue weighted by molar-refractivity contribution is 0.596. The molecule has 0 N–H and O–H groups in total. The average Bonchev–Trinajstić information content (AvgIpc) is 2.75. The van der Waals surface area contributed by atoms with E-state index in [0.29, 0.717) is 9.79 Å². The van der Waals surface area contributed by atoms with Crippen molar-refractivity contribution in [2.75, 3.05) is 0 Å². The Hall–Kier alpha value is -2.44. The molecule has 0 saturated carbocycles. The Balaban J connectivity index is 1.91. The lowest BCUT2D eigenvalue weighted by Crippen LogP contribution is -2.05. The molecule has 0 spiro atoms. The first-order valence-corrected chi connectivity index (χ1v) is 12.6. The van der Waals surface area contributed by atoms with Crippen LogP contribution in [0.1, 0.15) is 16.7 Å². The summed E-state index contributed by atoms with van der Waals surface area (Å²) in [5.74, 6) is 0. The van der Waals surface area contributed by atoms with Crippen molar-refractivity contribution >= 4 is 32.4 Å². The molecule has 4 aromatic carbocycles. The van der Waals surface area contributed by atoms with Gasteiger partial charge < -0.3 is 0 Å². The summed E-state index contributed by atoms with van der Waals surface area (Å²) in [6.07, 6.45) is 0. The highest BCUT2D eigenvalue weighted by atomic mass is 127. The van der Waals surface area contributed by atoms with Gasteiger partial charge in [-0.25, -0.2) is 8.42 Å². The van der Waals surface area contributed by atoms with Crippen LogP contribution in [0.3, 0.4) is 0 Å². The SMILES string of the molecule is Cc1ccc(-c2ccc(I)c(-c3cc(C)ccc3S(=O)(=O)c3ccc(C)cc3)c2)cc1. The topological polar surface area (TPSA) is 34.1 Å². The predicted octanol–water partition coefficient (Wildman–Crippen LogP) is 7.38. The van der Waals surface area contributed by atoms with Gasteiger partial charge in [0.2, 0.25) is 9.84 Å². The number of benzene rings is 4. The molecule has 4 aromatic rings. The van der Waals surface area contributed by atoms with E-state index in [1.165, 1.54) is 5.56 Å². The molecule has 4 heteroatoms. The van der Waals surface area contributed by atoms with Crippen LogP contribution in [0, 0.1) is 24.3 Å². The summed E-state index contributed by atoms with van der Waals surface area (Å²) in [5, 5.41) is 0. The molecule has 0 radical (unpaired) electrons. The van der Waals surface area contributed by atoms with Gasteiger partial charge in [0.1, 0.15) is 0 Å². The van der Waals surface area contributed by atoms with E-state index in [2.05, 4.69) is 72.0 Å². The molecule has 0 atom stereocenters. The van der Waals surface area contributed by atoms with E-state index in [0.717, 1.165) is 37.0 Å². The van der Waals surface area contributed by atoms with Gasteiger partial charge in [0.15, 0.2) is 0 Å². The molecule has 0 bridgehead atoms. The smallest absolute Gasteiger partial charge is 0.207 e. The fraction of sp³-hybridized carbons (Fsp3) is 0.111. The molecule has 0 aromatic heterocycles. The molecule has 0 aliphatic carbocycles. The van der Waals surface area contributed by atoms with Crippen molar-refractivity contribution in [1.29, 1.82) is 0 Å². The summed E-state index contributed by atoms with van der Waals surface area (Å²) < 4.78 is 28.1. The van der Waals surface area contributed by atoms with E-state index >= 15 is 0 Å². The van der Waals surface area contributed by atoms with E-state index in [1.807, 2.05) is 38.1 Å². The standard InChI is InChI=1S/C27H23IO2S/c1-18-4-9-21(10-5-18)22-11-14-26(28)24(17-22)25-16-20(3)8-15-27(25)31(29,30)23-12-6-19(2)7-13-23/h4-17H,1-3H3. The minimum Gasteiger partial charge on any atom is -0.218 e. The maximum Gasteiger partial charge on any atom is 0.207 e. The second-order valence-electron chi connectivity index (χ2n) is 7.88. The highest BCUT2D eigenvalue weighted by Gasteiger charge is 2.23. The first-order valence-electron chi connectivity index (χ1n) is 10.0. The van der Waals surface area contributed by atoms with Crippen LogP contribution in [-0.4, -0.2) is 8.42 Å². The normalized spacial score (nSPS) is 11.5. The molecule has 0 saturated heterocycles. The van der Waals surface area contributed by atoms with Crippen LogP contribution in [0.25, 0.3) is 22.3 Å². The summed E-state index contributed by atoms with van der Waals surface area (Å²) in [4.78, 5) is 0.647. The zero-order chi connectivity index (χ0) is 22.2. The molecule has 0 aliphatic rings. The average molecular weight is 538 g/mol. The molecule has 0 heterocycles. The Morgan fingerprint density at radius 1 is 0.581 bits per heavy atom. The van der Waals surface area contributed by atoms with Gasteiger partial charge in [-0.3, -0.25) is 0 Å². The minimum absolute atomic E-state index is 0.313. The predicted molar refractivity (Wildman–Crippen MR) is 136 cm³/mol. The Labute approximate surface area is 198 Å². The number of hydrogen-bond donors (Lipinski definition) is 0. The minimum atomic E-state index is -3.65. The molecule has 0 fully saturated rings. The van der Waals surface area contributed by atoms with Gasteiger partial charge in [0.25, 0.3) is 0 Å². The number of aryl methyl sites for hydroxylation is 3. The van der Waals surface area contributed by atoms with Crippen LogP contribution in [0.15, 0.2) is 94.7 Å². The highest BCUT2D eigenvalue weighted by molar-refractivity contribution is 14.1. The maximum atomic E-state index is 13.6. The van der Waals surface area contributed by atoms with E-state index in [1.54, 1.807) is 18.2 Å². The molecule has 0 amide bonds. The fourth-order valence-corrected chi connectivity index (χ4v) is 5.67. The van der Waals surface area contributed by atoms with E-state index in [9.17, 15) is 8.42 Å². The van der Waals surface area contributed by atoms with E-state index < -0.39 is 9.84 Å². The van der Waals surface area contributed by atoms with Gasteiger partial charge >= 0.3 is 0 Å². The molecule has 2 nitrogen and oxygen atoms in total. The first-order chi connectivity index (χ1) is 14.8. The highest BCUT2D eigenvalue weighted by Crippen LogP contribution is 2.37. The second-order valence-corrected chi connectivity index (χ2v) is 11.0. The molecule has 0 unspecified atom stereocenters. The number of sulfone groups is 1. The maximum absolute atomic E-state index is 13.6. The molecular formula is C27H23IO2S. The number of rotatable bonds is 4. The van der Waals surface area contributed by atoms with Gasteiger partial charge in [0, 0.05) is 9.13 Å². The summed E-state index contributed by atoms with van der Waals surface area (Å²) in [5.41, 5.74) is 7.10. The zero-order valence-electron chi connectivity index (χ0n) is 17.7. The third-order valence-electron chi connectivity index (χ3n) is 5.40. The van der Waals surface area contributed by atoms with Crippen LogP contribution in [-0.2, 0) is 9.84 Å². The van der Waals surface area contributed by atoms with E-state index in [4.69, 9.17) is 0 Å².